The number of ether oxygens (including phenoxy) is 3. The quantitative estimate of drug-likeness (QED) is 0.192. The van der Waals surface area contributed by atoms with E-state index in [-0.39, 0.29) is 63.6 Å². The molecule has 2 heterocycles. The highest BCUT2D eigenvalue weighted by Gasteiger charge is 2.73. The third-order valence-corrected chi connectivity index (χ3v) is 22.8. The molecule has 12 unspecified atom stereocenters. The molecule has 7 aliphatic carbocycles. The van der Waals surface area contributed by atoms with Crippen LogP contribution in [0.4, 0.5) is 0 Å². The molecule has 9 nitrogen and oxygen atoms in total. The van der Waals surface area contributed by atoms with E-state index in [1.807, 2.05) is 44.2 Å². The van der Waals surface area contributed by atoms with Crippen molar-refractivity contribution in [2.45, 2.75) is 164 Å². The van der Waals surface area contributed by atoms with Crippen molar-refractivity contribution < 1.29 is 28.6 Å². The van der Waals surface area contributed by atoms with Crippen molar-refractivity contribution in [1.82, 2.24) is 14.7 Å². The Morgan fingerprint density at radius 2 is 1.34 bits per heavy atom. The van der Waals surface area contributed by atoms with Crippen LogP contribution in [0.25, 0.3) is 0 Å². The highest BCUT2D eigenvalue weighted by molar-refractivity contribution is 5.84. The molecule has 0 N–H and O–H groups in total. The number of morpholine rings is 1. The fourth-order valence-electron chi connectivity index (χ4n) is 18.2. The second-order valence-corrected chi connectivity index (χ2v) is 26.6. The summed E-state index contributed by atoms with van der Waals surface area (Å²) in [5, 5.41) is 0. The maximum absolute atomic E-state index is 15.4. The Bertz CT molecular complexity index is 1990. The Morgan fingerprint density at radius 1 is 0.657 bits per heavy atom. The van der Waals surface area contributed by atoms with Crippen LogP contribution in [0.3, 0.4) is 0 Å². The lowest BCUT2D eigenvalue weighted by Gasteiger charge is -2.73. The fourth-order valence-corrected chi connectivity index (χ4v) is 18.2. The number of carbonyl (C=O) groups excluding carboxylic acids is 3. The Hall–Kier alpha value is -2.49. The van der Waals surface area contributed by atoms with Gasteiger partial charge in [-0.25, -0.2) is 0 Å². The predicted octanol–water partition coefficient (Wildman–Crippen LogP) is 10.4. The van der Waals surface area contributed by atoms with Crippen molar-refractivity contribution in [3.63, 3.8) is 0 Å². The maximum atomic E-state index is 15.4. The first kappa shape index (κ1) is 48.2. The van der Waals surface area contributed by atoms with Gasteiger partial charge < -0.3 is 19.1 Å². The number of nitrogens with zero attached hydrogens (tertiary/aromatic N) is 3. The number of piperazine rings is 1. The highest BCUT2D eigenvalue weighted by atomic mass is 16.5. The third kappa shape index (κ3) is 8.17. The zero-order valence-electron chi connectivity index (χ0n) is 43.2. The summed E-state index contributed by atoms with van der Waals surface area (Å²) < 4.78 is 18.0. The second-order valence-electron chi connectivity index (χ2n) is 26.6. The van der Waals surface area contributed by atoms with Gasteiger partial charge >= 0.3 is 11.9 Å². The topological polar surface area (TPSA) is 88.6 Å². The van der Waals surface area contributed by atoms with E-state index in [2.05, 4.69) is 56.2 Å². The van der Waals surface area contributed by atoms with Crippen molar-refractivity contribution in [2.75, 3.05) is 65.6 Å². The van der Waals surface area contributed by atoms with Crippen LogP contribution in [0.1, 0.15) is 157 Å². The molecule has 0 radical (unpaired) electrons. The first-order chi connectivity index (χ1) is 31.8. The molecule has 9 fully saturated rings. The van der Waals surface area contributed by atoms with Gasteiger partial charge in [-0.15, -0.1) is 0 Å². The van der Waals surface area contributed by atoms with E-state index in [1.54, 1.807) is 0 Å². The zero-order chi connectivity index (χ0) is 47.2. The van der Waals surface area contributed by atoms with Crippen molar-refractivity contribution in [1.29, 1.82) is 0 Å². The molecule has 7 saturated carbocycles. The zero-order valence-corrected chi connectivity index (χ0v) is 43.2. The number of hydrogen-bond donors (Lipinski definition) is 0. The molecule has 1 amide bonds. The number of amides is 1. The van der Waals surface area contributed by atoms with Gasteiger partial charge in [0.25, 0.3) is 0 Å². The predicted molar refractivity (Wildman–Crippen MR) is 263 cm³/mol. The average molecular weight is 924 g/mol. The van der Waals surface area contributed by atoms with Gasteiger partial charge in [0.15, 0.2) is 0 Å². The normalized spacial score (nSPS) is 41.9. The Labute approximate surface area is 404 Å². The summed E-state index contributed by atoms with van der Waals surface area (Å²) in [7, 11) is 0. The van der Waals surface area contributed by atoms with E-state index in [4.69, 9.17) is 14.2 Å². The Morgan fingerprint density at radius 3 is 2.03 bits per heavy atom. The van der Waals surface area contributed by atoms with Gasteiger partial charge in [-0.3, -0.25) is 24.2 Å². The molecular weight excluding hydrogens is 835 g/mol. The van der Waals surface area contributed by atoms with E-state index in [0.717, 1.165) is 96.8 Å². The molecule has 0 aromatic heterocycles. The monoisotopic (exact) mass is 924 g/mol. The van der Waals surface area contributed by atoms with Crippen molar-refractivity contribution >= 4 is 17.8 Å². The lowest BCUT2D eigenvalue weighted by Crippen LogP contribution is -2.68. The van der Waals surface area contributed by atoms with Crippen molar-refractivity contribution in [3.8, 4) is 0 Å². The van der Waals surface area contributed by atoms with Crippen LogP contribution in [0.5, 0.6) is 0 Å². The van der Waals surface area contributed by atoms with Gasteiger partial charge in [-0.05, 0) is 172 Å². The first-order valence-corrected chi connectivity index (χ1v) is 27.6. The molecule has 0 spiro atoms. The van der Waals surface area contributed by atoms with Crippen LogP contribution in [0.15, 0.2) is 30.3 Å². The van der Waals surface area contributed by atoms with E-state index in [1.165, 1.54) is 64.2 Å². The summed E-state index contributed by atoms with van der Waals surface area (Å²) >= 11 is 0. The molecule has 1 aromatic carbocycles. The van der Waals surface area contributed by atoms with E-state index in [9.17, 15) is 9.59 Å². The highest BCUT2D eigenvalue weighted by Crippen LogP contribution is 2.78. The average Bonchev–Trinajstić information content (AvgIpc) is 3.92. The minimum atomic E-state index is -0.506. The maximum Gasteiger partial charge on any atom is 0.309 e. The molecule has 9 heteroatoms. The van der Waals surface area contributed by atoms with Crippen LogP contribution in [0.2, 0.25) is 0 Å². The van der Waals surface area contributed by atoms with E-state index < -0.39 is 5.41 Å². The molecule has 10 rings (SSSR count). The van der Waals surface area contributed by atoms with Crippen LogP contribution >= 0.6 is 0 Å². The molecular formula is C58H89N3O6. The van der Waals surface area contributed by atoms with Gasteiger partial charge in [0.05, 0.1) is 30.5 Å². The molecule has 2 saturated heterocycles. The number of benzene rings is 1. The summed E-state index contributed by atoms with van der Waals surface area (Å²) in [6, 6.07) is 9.81. The number of rotatable bonds is 12. The van der Waals surface area contributed by atoms with Gasteiger partial charge in [0.1, 0.15) is 12.7 Å². The smallest absolute Gasteiger partial charge is 0.309 e. The van der Waals surface area contributed by atoms with Crippen molar-refractivity contribution in [2.24, 2.45) is 79.3 Å². The summed E-state index contributed by atoms with van der Waals surface area (Å²) in [5.41, 5.74) is 1.18. The number of hydrogen-bond acceptors (Lipinski definition) is 8. The van der Waals surface area contributed by atoms with Crippen LogP contribution in [-0.4, -0.2) is 104 Å². The molecule has 12 atom stereocenters. The van der Waals surface area contributed by atoms with Gasteiger partial charge in [0.2, 0.25) is 5.91 Å². The van der Waals surface area contributed by atoms with E-state index >= 15 is 4.79 Å². The van der Waals surface area contributed by atoms with Gasteiger partial charge in [0, 0.05) is 44.7 Å². The minimum absolute atomic E-state index is 0.125. The lowest BCUT2D eigenvalue weighted by molar-refractivity contribution is -0.252. The van der Waals surface area contributed by atoms with E-state index in [0.29, 0.717) is 47.3 Å². The van der Waals surface area contributed by atoms with Crippen molar-refractivity contribution in [3.05, 3.63) is 35.9 Å². The summed E-state index contributed by atoms with van der Waals surface area (Å²) in [6.45, 7) is 29.7. The lowest BCUT2D eigenvalue weighted by atomic mass is 9.32. The summed E-state index contributed by atoms with van der Waals surface area (Å²) in [5.74, 6) is 2.43. The molecule has 9 aliphatic rings. The number of fused-ring (bicyclic) bond motifs is 7. The second kappa shape index (κ2) is 17.7. The molecule has 372 valence electrons. The van der Waals surface area contributed by atoms with Crippen LogP contribution in [-0.2, 0) is 35.2 Å². The van der Waals surface area contributed by atoms with Gasteiger partial charge in [-0.2, -0.15) is 0 Å². The Kier molecular flexibility index (Phi) is 12.7. The largest absolute Gasteiger partial charge is 0.462 e. The van der Waals surface area contributed by atoms with Crippen LogP contribution < -0.4 is 0 Å². The molecule has 67 heavy (non-hydrogen) atoms. The first-order valence-electron chi connectivity index (χ1n) is 27.6. The minimum Gasteiger partial charge on any atom is -0.462 e. The molecule has 1 aromatic rings. The third-order valence-electron chi connectivity index (χ3n) is 22.8. The molecule has 2 aliphatic heterocycles. The van der Waals surface area contributed by atoms with Crippen LogP contribution in [0, 0.1) is 79.3 Å². The fraction of sp³-hybridized carbons (Fsp3) is 0.845. The summed E-state index contributed by atoms with van der Waals surface area (Å²) in [6.07, 6.45) is 17.1. The molecule has 0 bridgehead atoms. The number of esters is 2. The summed E-state index contributed by atoms with van der Waals surface area (Å²) in [4.78, 5) is 50.3. The van der Waals surface area contributed by atoms with Gasteiger partial charge in [-0.1, -0.05) is 85.7 Å². The SMILES string of the molecule is CC1(CC2CCC3(C(=O)N4CCN(CCCN5CCOCC5)CC4)CCC4(C)C(CCC5C6(C)CCC(OC(=O)C7CC(C(=O)OCc8ccccc8)C7(C)C)C(C)(C)C6CCC54C)C23)CC1. The Balaban J connectivity index is 0.807. The standard InChI is InChI=1S/C58H89N3O6/c1-52(2)43(49(62)66-39-40-13-10-9-11-14-40)37-44(52)50(63)67-47-19-20-55(6)45(53(47,3)4)18-21-57(8)46(55)16-15-42-48-41(38-54(5)23-24-54)17-22-58(48,26-25-56(42,57)7)51(64)61-31-29-59(30-32-61)27-12-28-60-33-35-65-36-34-60/h9-11,13-14,41-48H,12,15-39H2,1-8H3. The number of carbonyl (C=O) groups is 3.